The maximum atomic E-state index is 11.2. The van der Waals surface area contributed by atoms with Crippen molar-refractivity contribution < 1.29 is 14.4 Å². The standard InChI is InChI=1S/C13H16N2O3/c1-8(2)14-7-9-3-4-11-10(5-9)6-12(18-11)13(16)15-17/h3-6,8,14,17H,7H2,1-2H3,(H,15,16). The molecular formula is C13H16N2O3. The fourth-order valence-electron chi connectivity index (χ4n) is 1.69. The molecule has 0 spiro atoms. The molecule has 0 saturated carbocycles. The molecule has 0 aliphatic rings. The first-order chi connectivity index (χ1) is 8.60. The maximum absolute atomic E-state index is 11.2. The van der Waals surface area contributed by atoms with Crippen molar-refractivity contribution in [2.24, 2.45) is 0 Å². The molecule has 0 fully saturated rings. The topological polar surface area (TPSA) is 74.5 Å². The van der Waals surface area contributed by atoms with E-state index in [1.54, 1.807) is 11.5 Å². The molecule has 96 valence electrons. The highest BCUT2D eigenvalue weighted by Crippen LogP contribution is 2.20. The Balaban J connectivity index is 2.25. The molecule has 0 radical (unpaired) electrons. The quantitative estimate of drug-likeness (QED) is 0.572. The van der Waals surface area contributed by atoms with Gasteiger partial charge in [-0.25, -0.2) is 5.48 Å². The van der Waals surface area contributed by atoms with Gasteiger partial charge in [0.05, 0.1) is 0 Å². The van der Waals surface area contributed by atoms with Crippen molar-refractivity contribution >= 4 is 16.9 Å². The summed E-state index contributed by atoms with van der Waals surface area (Å²) in [5.74, 6) is -0.547. The monoisotopic (exact) mass is 248 g/mol. The molecule has 0 bridgehead atoms. The van der Waals surface area contributed by atoms with E-state index in [9.17, 15) is 4.79 Å². The second-order valence-electron chi connectivity index (χ2n) is 4.46. The molecule has 0 aliphatic carbocycles. The van der Waals surface area contributed by atoms with Crippen LogP contribution >= 0.6 is 0 Å². The van der Waals surface area contributed by atoms with Gasteiger partial charge in [-0.1, -0.05) is 19.9 Å². The Morgan fingerprint density at radius 2 is 2.17 bits per heavy atom. The van der Waals surface area contributed by atoms with E-state index in [-0.39, 0.29) is 5.76 Å². The lowest BCUT2D eigenvalue weighted by atomic mass is 10.1. The van der Waals surface area contributed by atoms with Crippen LogP contribution in [0.1, 0.15) is 30.0 Å². The second kappa shape index (κ2) is 5.20. The van der Waals surface area contributed by atoms with E-state index in [2.05, 4.69) is 19.2 Å². The van der Waals surface area contributed by atoms with E-state index in [1.165, 1.54) is 0 Å². The van der Waals surface area contributed by atoms with Gasteiger partial charge in [0.15, 0.2) is 5.76 Å². The van der Waals surface area contributed by atoms with Crippen molar-refractivity contribution in [1.29, 1.82) is 0 Å². The molecule has 0 aliphatic heterocycles. The van der Waals surface area contributed by atoms with Gasteiger partial charge in [-0.05, 0) is 23.8 Å². The molecule has 5 nitrogen and oxygen atoms in total. The summed E-state index contributed by atoms with van der Waals surface area (Å²) in [6.07, 6.45) is 0. The van der Waals surface area contributed by atoms with E-state index < -0.39 is 5.91 Å². The summed E-state index contributed by atoms with van der Waals surface area (Å²) >= 11 is 0. The minimum Gasteiger partial charge on any atom is -0.451 e. The third kappa shape index (κ3) is 2.69. The minimum atomic E-state index is -0.645. The Kier molecular flexibility index (Phi) is 3.64. The van der Waals surface area contributed by atoms with Gasteiger partial charge in [0, 0.05) is 18.0 Å². The van der Waals surface area contributed by atoms with Gasteiger partial charge in [0.25, 0.3) is 0 Å². The number of hydrogen-bond acceptors (Lipinski definition) is 4. The van der Waals surface area contributed by atoms with Crippen LogP contribution in [0.4, 0.5) is 0 Å². The smallest absolute Gasteiger partial charge is 0.310 e. The SMILES string of the molecule is CC(C)NCc1ccc2oc(C(=O)NO)cc2c1. The summed E-state index contributed by atoms with van der Waals surface area (Å²) in [6, 6.07) is 7.76. The molecule has 1 amide bonds. The first-order valence-electron chi connectivity index (χ1n) is 5.80. The van der Waals surface area contributed by atoms with Gasteiger partial charge >= 0.3 is 5.91 Å². The number of benzene rings is 1. The molecule has 2 rings (SSSR count). The zero-order chi connectivity index (χ0) is 13.1. The Morgan fingerprint density at radius 3 is 2.83 bits per heavy atom. The van der Waals surface area contributed by atoms with Crippen LogP contribution in [0.2, 0.25) is 0 Å². The summed E-state index contributed by atoms with van der Waals surface area (Å²) in [5.41, 5.74) is 3.30. The molecule has 0 unspecified atom stereocenters. The Morgan fingerprint density at radius 1 is 1.39 bits per heavy atom. The van der Waals surface area contributed by atoms with Crippen molar-refractivity contribution in [2.75, 3.05) is 0 Å². The van der Waals surface area contributed by atoms with Crippen LogP contribution in [0.3, 0.4) is 0 Å². The first kappa shape index (κ1) is 12.6. The van der Waals surface area contributed by atoms with E-state index >= 15 is 0 Å². The third-order valence-electron chi connectivity index (χ3n) is 2.62. The van der Waals surface area contributed by atoms with Gasteiger partial charge in [-0.2, -0.15) is 0 Å². The average molecular weight is 248 g/mol. The fourth-order valence-corrected chi connectivity index (χ4v) is 1.69. The molecule has 5 heteroatoms. The minimum absolute atomic E-state index is 0.0986. The summed E-state index contributed by atoms with van der Waals surface area (Å²) in [7, 11) is 0. The third-order valence-corrected chi connectivity index (χ3v) is 2.62. The summed E-state index contributed by atoms with van der Waals surface area (Å²) in [5, 5.41) is 12.7. The van der Waals surface area contributed by atoms with Crippen LogP contribution < -0.4 is 10.8 Å². The first-order valence-corrected chi connectivity index (χ1v) is 5.80. The summed E-state index contributed by atoms with van der Waals surface area (Å²) in [6.45, 7) is 4.93. The van der Waals surface area contributed by atoms with E-state index in [0.29, 0.717) is 11.6 Å². The maximum Gasteiger partial charge on any atom is 0.310 e. The molecule has 3 N–H and O–H groups in total. The van der Waals surface area contributed by atoms with Crippen LogP contribution in [-0.2, 0) is 6.54 Å². The van der Waals surface area contributed by atoms with Crippen molar-refractivity contribution in [3.8, 4) is 0 Å². The van der Waals surface area contributed by atoms with Crippen LogP contribution in [0.15, 0.2) is 28.7 Å². The van der Waals surface area contributed by atoms with Crippen LogP contribution in [0.25, 0.3) is 11.0 Å². The lowest BCUT2D eigenvalue weighted by molar-refractivity contribution is 0.0678. The Labute approximate surface area is 105 Å². The Bertz CT molecular complexity index is 560. The van der Waals surface area contributed by atoms with Crippen LogP contribution in [0, 0.1) is 0 Å². The van der Waals surface area contributed by atoms with Crippen LogP contribution in [-0.4, -0.2) is 17.2 Å². The summed E-state index contributed by atoms with van der Waals surface area (Å²) < 4.78 is 5.31. The Hall–Kier alpha value is -1.85. The van der Waals surface area contributed by atoms with Crippen LogP contribution in [0.5, 0.6) is 0 Å². The zero-order valence-electron chi connectivity index (χ0n) is 10.4. The number of furan rings is 1. The van der Waals surface area contributed by atoms with Crippen molar-refractivity contribution in [3.63, 3.8) is 0 Å². The second-order valence-corrected chi connectivity index (χ2v) is 4.46. The predicted molar refractivity (Wildman–Crippen MR) is 67.4 cm³/mol. The number of hydroxylamine groups is 1. The number of fused-ring (bicyclic) bond motifs is 1. The van der Waals surface area contributed by atoms with Gasteiger partial charge in [-0.15, -0.1) is 0 Å². The normalized spacial score (nSPS) is 11.1. The largest absolute Gasteiger partial charge is 0.451 e. The van der Waals surface area contributed by atoms with E-state index in [0.717, 1.165) is 17.5 Å². The van der Waals surface area contributed by atoms with Crippen molar-refractivity contribution in [2.45, 2.75) is 26.4 Å². The fraction of sp³-hybridized carbons (Fsp3) is 0.308. The van der Waals surface area contributed by atoms with E-state index in [4.69, 9.17) is 9.62 Å². The van der Waals surface area contributed by atoms with Gasteiger partial charge in [0.1, 0.15) is 5.58 Å². The van der Waals surface area contributed by atoms with Gasteiger partial charge in [0.2, 0.25) is 0 Å². The van der Waals surface area contributed by atoms with E-state index in [1.807, 2.05) is 18.2 Å². The lowest BCUT2D eigenvalue weighted by Crippen LogP contribution is -2.21. The lowest BCUT2D eigenvalue weighted by Gasteiger charge is -2.07. The number of hydrogen-bond donors (Lipinski definition) is 3. The molecule has 1 heterocycles. The summed E-state index contributed by atoms with van der Waals surface area (Å²) in [4.78, 5) is 11.2. The predicted octanol–water partition coefficient (Wildman–Crippen LogP) is 2.05. The highest BCUT2D eigenvalue weighted by molar-refractivity contribution is 5.95. The molecule has 1 aromatic carbocycles. The molecule has 0 atom stereocenters. The van der Waals surface area contributed by atoms with Gasteiger partial charge in [-0.3, -0.25) is 10.0 Å². The highest BCUT2D eigenvalue weighted by atomic mass is 16.5. The number of carbonyl (C=O) groups is 1. The number of amides is 1. The number of carbonyl (C=O) groups excluding carboxylic acids is 1. The number of nitrogens with one attached hydrogen (secondary N) is 2. The zero-order valence-corrected chi connectivity index (χ0v) is 10.4. The number of rotatable bonds is 4. The molecule has 18 heavy (non-hydrogen) atoms. The van der Waals surface area contributed by atoms with Gasteiger partial charge < -0.3 is 9.73 Å². The highest BCUT2D eigenvalue weighted by Gasteiger charge is 2.11. The van der Waals surface area contributed by atoms with Crippen molar-refractivity contribution in [1.82, 2.24) is 10.8 Å². The molecular weight excluding hydrogens is 232 g/mol. The average Bonchev–Trinajstić information content (AvgIpc) is 2.78. The van der Waals surface area contributed by atoms with Crippen molar-refractivity contribution in [3.05, 3.63) is 35.6 Å². The molecule has 2 aromatic rings. The molecule has 0 saturated heterocycles. The molecule has 1 aromatic heterocycles.